The number of hydrogen-bond donors (Lipinski definition) is 1. The minimum Gasteiger partial charge on any atom is -0.310 e. The van der Waals surface area contributed by atoms with Crippen molar-refractivity contribution in [3.63, 3.8) is 0 Å². The van der Waals surface area contributed by atoms with Crippen LogP contribution in [0.3, 0.4) is 0 Å². The summed E-state index contributed by atoms with van der Waals surface area (Å²) in [5.74, 6) is 0. The molecule has 0 aliphatic heterocycles. The molecule has 0 bridgehead atoms. The molecule has 0 fully saturated rings. The van der Waals surface area contributed by atoms with Gasteiger partial charge >= 0.3 is 0 Å². The zero-order chi connectivity index (χ0) is 7.82. The summed E-state index contributed by atoms with van der Waals surface area (Å²) in [5.41, 5.74) is 5.82. The van der Waals surface area contributed by atoms with E-state index in [1.165, 1.54) is 38.0 Å². The van der Waals surface area contributed by atoms with Gasteiger partial charge in [0.15, 0.2) is 0 Å². The molecule has 10 heavy (non-hydrogen) atoms. The van der Waals surface area contributed by atoms with E-state index in [0.29, 0.717) is 0 Å². The van der Waals surface area contributed by atoms with Gasteiger partial charge in [-0.15, -0.1) is 0 Å². The summed E-state index contributed by atoms with van der Waals surface area (Å²) in [5, 5.41) is 0. The van der Waals surface area contributed by atoms with E-state index in [0.717, 1.165) is 0 Å². The first-order chi connectivity index (χ1) is 4.81. The topological polar surface area (TPSA) is 26.0 Å². The number of hydrogen-bond acceptors (Lipinski definition) is 1. The molecule has 0 rings (SSSR count). The zero-order valence-electron chi connectivity index (χ0n) is 7.27. The molecule has 2 heteroatoms. The maximum atomic E-state index is 5.82. The fourth-order valence-electron chi connectivity index (χ4n) is 0.900. The Balaban J connectivity index is 2.89. The first-order valence-electron chi connectivity index (χ1n) is 4.30. The largest absolute Gasteiger partial charge is 0.310 e. The van der Waals surface area contributed by atoms with Gasteiger partial charge in [-0.1, -0.05) is 33.1 Å². The highest BCUT2D eigenvalue weighted by atomic mass is 31.1. The van der Waals surface area contributed by atoms with Crippen molar-refractivity contribution < 1.29 is 0 Å². The Hall–Kier alpha value is 0.390. The van der Waals surface area contributed by atoms with E-state index in [4.69, 9.17) is 5.50 Å². The van der Waals surface area contributed by atoms with Crippen molar-refractivity contribution >= 4 is 8.07 Å². The maximum Gasteiger partial charge on any atom is -0.0197 e. The predicted molar refractivity (Wildman–Crippen MR) is 50.7 cm³/mol. The van der Waals surface area contributed by atoms with Crippen LogP contribution >= 0.6 is 8.07 Å². The maximum absolute atomic E-state index is 5.82. The van der Waals surface area contributed by atoms with E-state index in [-0.39, 0.29) is 8.07 Å². The molecular weight excluding hydrogens is 141 g/mol. The minimum absolute atomic E-state index is 0.0950. The summed E-state index contributed by atoms with van der Waals surface area (Å²) < 4.78 is 0. The van der Waals surface area contributed by atoms with Crippen LogP contribution in [0, 0.1) is 0 Å². The lowest BCUT2D eigenvalue weighted by Gasteiger charge is -2.07. The molecule has 0 amide bonds. The average Bonchev–Trinajstić information content (AvgIpc) is 1.98. The first-order valence-corrected chi connectivity index (χ1v) is 6.09. The van der Waals surface area contributed by atoms with Gasteiger partial charge in [-0.3, -0.25) is 0 Å². The van der Waals surface area contributed by atoms with Crippen molar-refractivity contribution in [1.29, 1.82) is 0 Å². The Bertz CT molecular complexity index is 66.3. The summed E-state index contributed by atoms with van der Waals surface area (Å²) in [6.45, 7) is 4.43. The van der Waals surface area contributed by atoms with Gasteiger partial charge in [0.05, 0.1) is 0 Å². The molecule has 0 spiro atoms. The smallest absolute Gasteiger partial charge is 0.0197 e. The molecule has 0 aromatic rings. The third-order valence-electron chi connectivity index (χ3n) is 1.71. The monoisotopic (exact) mass is 161 g/mol. The molecule has 1 nitrogen and oxygen atoms in total. The van der Waals surface area contributed by atoms with Crippen molar-refractivity contribution in [3.8, 4) is 0 Å². The van der Waals surface area contributed by atoms with Gasteiger partial charge in [-0.2, -0.15) is 0 Å². The molecule has 0 saturated carbocycles. The van der Waals surface area contributed by atoms with Gasteiger partial charge in [0, 0.05) is 0 Å². The van der Waals surface area contributed by atoms with Gasteiger partial charge in [0.2, 0.25) is 0 Å². The predicted octanol–water partition coefficient (Wildman–Crippen LogP) is 2.94. The van der Waals surface area contributed by atoms with Gasteiger partial charge in [-0.25, -0.2) is 0 Å². The van der Waals surface area contributed by atoms with E-state index in [9.17, 15) is 0 Å². The van der Waals surface area contributed by atoms with Crippen molar-refractivity contribution in [3.05, 3.63) is 0 Å². The Morgan fingerprint density at radius 2 is 1.80 bits per heavy atom. The molecule has 1 atom stereocenters. The second kappa shape index (κ2) is 7.50. The molecule has 0 aliphatic carbocycles. The summed E-state index contributed by atoms with van der Waals surface area (Å²) in [6.07, 6.45) is 7.92. The molecule has 0 radical (unpaired) electrons. The lowest BCUT2D eigenvalue weighted by Crippen LogP contribution is -1.95. The lowest BCUT2D eigenvalue weighted by molar-refractivity contribution is 0.704. The third kappa shape index (κ3) is 6.51. The summed E-state index contributed by atoms with van der Waals surface area (Å²) >= 11 is 0. The summed E-state index contributed by atoms with van der Waals surface area (Å²) in [7, 11) is -0.0950. The van der Waals surface area contributed by atoms with Crippen LogP contribution in [0.1, 0.15) is 39.5 Å². The first kappa shape index (κ1) is 10.4. The molecule has 0 heterocycles. The fraction of sp³-hybridized carbons (Fsp3) is 1.00. The molecule has 0 aromatic heterocycles. The second-order valence-electron chi connectivity index (χ2n) is 2.69. The Labute approximate surface area is 66.2 Å². The Morgan fingerprint density at radius 1 is 1.10 bits per heavy atom. The Kier molecular flexibility index (Phi) is 7.79. The van der Waals surface area contributed by atoms with Crippen LogP contribution < -0.4 is 5.50 Å². The highest BCUT2D eigenvalue weighted by Gasteiger charge is 1.96. The van der Waals surface area contributed by atoms with Gasteiger partial charge < -0.3 is 5.50 Å². The third-order valence-corrected chi connectivity index (χ3v) is 3.41. The fourth-order valence-corrected chi connectivity index (χ4v) is 1.85. The van der Waals surface area contributed by atoms with Gasteiger partial charge in [0.1, 0.15) is 0 Å². The highest BCUT2D eigenvalue weighted by Crippen LogP contribution is 2.25. The van der Waals surface area contributed by atoms with E-state index in [1.54, 1.807) is 0 Å². The molecule has 0 saturated heterocycles. The normalized spacial score (nSPS) is 13.5. The summed E-state index contributed by atoms with van der Waals surface area (Å²) in [6, 6.07) is 0. The zero-order valence-corrected chi connectivity index (χ0v) is 8.16. The van der Waals surface area contributed by atoms with Gasteiger partial charge in [0.25, 0.3) is 0 Å². The van der Waals surface area contributed by atoms with Crippen molar-refractivity contribution in [2.45, 2.75) is 39.5 Å². The number of rotatable bonds is 6. The molecule has 0 aliphatic rings. The van der Waals surface area contributed by atoms with Crippen LogP contribution in [0.4, 0.5) is 0 Å². The van der Waals surface area contributed by atoms with E-state index < -0.39 is 0 Å². The quantitative estimate of drug-likeness (QED) is 0.470. The van der Waals surface area contributed by atoms with Crippen LogP contribution in [0.5, 0.6) is 0 Å². The van der Waals surface area contributed by atoms with E-state index in [2.05, 4.69) is 13.8 Å². The minimum atomic E-state index is -0.0950. The van der Waals surface area contributed by atoms with Crippen molar-refractivity contribution in [1.82, 2.24) is 0 Å². The molecule has 2 N–H and O–H groups in total. The molecule has 0 unspecified atom stereocenters. The molecule has 0 aromatic carbocycles. The Morgan fingerprint density at radius 3 is 2.30 bits per heavy atom. The van der Waals surface area contributed by atoms with Crippen LogP contribution in [0.2, 0.25) is 0 Å². The van der Waals surface area contributed by atoms with E-state index >= 15 is 0 Å². The SMILES string of the molecule is CCCCCC[P@](N)CC. The van der Waals surface area contributed by atoms with Crippen LogP contribution in [0.15, 0.2) is 0 Å². The van der Waals surface area contributed by atoms with Crippen LogP contribution in [-0.4, -0.2) is 12.3 Å². The molecular formula is C8H20NP. The average molecular weight is 161 g/mol. The van der Waals surface area contributed by atoms with Crippen molar-refractivity contribution in [2.75, 3.05) is 12.3 Å². The van der Waals surface area contributed by atoms with Gasteiger partial charge in [-0.05, 0) is 26.8 Å². The second-order valence-corrected chi connectivity index (χ2v) is 4.95. The number of unbranched alkanes of at least 4 members (excludes halogenated alkanes) is 3. The highest BCUT2D eigenvalue weighted by molar-refractivity contribution is 7.55. The summed E-state index contributed by atoms with van der Waals surface area (Å²) in [4.78, 5) is 0. The van der Waals surface area contributed by atoms with Crippen LogP contribution in [0.25, 0.3) is 0 Å². The number of nitrogens with two attached hydrogens (primary N) is 1. The molecule has 62 valence electrons. The van der Waals surface area contributed by atoms with Crippen molar-refractivity contribution in [2.24, 2.45) is 5.50 Å². The standard InChI is InChI=1S/C8H20NP/c1-3-5-6-7-8-10(9)4-2/h3-9H2,1-2H3/t10-/m1/s1. The van der Waals surface area contributed by atoms with Crippen LogP contribution in [-0.2, 0) is 0 Å². The lowest BCUT2D eigenvalue weighted by atomic mass is 10.2. The van der Waals surface area contributed by atoms with E-state index in [1.807, 2.05) is 0 Å².